The van der Waals surface area contributed by atoms with Crippen molar-refractivity contribution in [2.24, 2.45) is 0 Å². The quantitative estimate of drug-likeness (QED) is 0.696. The number of nitrogens with zero attached hydrogens (tertiary/aromatic N) is 1. The second kappa shape index (κ2) is 8.53. The number of hydrogen-bond donors (Lipinski definition) is 0. The standard InChI is InChI=1S/C21H23NO4S3/c1-15-7-10-27-18(15)13-22(17-8-12-29(24,25)14-17)21(23)19-20(28-11-9-26-19)16-5-3-2-4-6-16/h2-7,10,17H,8-9,11-14H2,1H3/t17-/m0/s1. The SMILES string of the molecule is Cc1ccsc1CN(C(=O)C1=C(c2ccccc2)SCCO1)[C@H]1CCS(=O)(=O)C1. The number of carbonyl (C=O) groups is 1. The Morgan fingerprint density at radius 3 is 2.69 bits per heavy atom. The first-order chi connectivity index (χ1) is 13.9. The molecule has 2 aliphatic rings. The maximum atomic E-state index is 13.7. The topological polar surface area (TPSA) is 63.7 Å². The van der Waals surface area contributed by atoms with E-state index in [1.807, 2.05) is 48.7 Å². The molecule has 1 aromatic carbocycles. The fourth-order valence-corrected chi connectivity index (χ4v) is 7.21. The maximum Gasteiger partial charge on any atom is 0.290 e. The number of thioether (sulfide) groups is 1. The minimum atomic E-state index is -3.11. The van der Waals surface area contributed by atoms with Gasteiger partial charge in [-0.1, -0.05) is 30.3 Å². The Labute approximate surface area is 179 Å². The highest BCUT2D eigenvalue weighted by Crippen LogP contribution is 2.36. The van der Waals surface area contributed by atoms with Crippen molar-refractivity contribution < 1.29 is 17.9 Å². The number of aryl methyl sites for hydroxylation is 1. The molecular formula is C21H23NO4S3. The monoisotopic (exact) mass is 449 g/mol. The van der Waals surface area contributed by atoms with Gasteiger partial charge in [-0.05, 0) is 35.9 Å². The molecule has 0 bridgehead atoms. The summed E-state index contributed by atoms with van der Waals surface area (Å²) in [4.78, 5) is 17.3. The summed E-state index contributed by atoms with van der Waals surface area (Å²) in [6.45, 7) is 2.89. The molecule has 1 atom stereocenters. The Kier molecular flexibility index (Phi) is 6.03. The molecule has 1 saturated heterocycles. The fourth-order valence-electron chi connectivity index (χ4n) is 3.62. The van der Waals surface area contributed by atoms with Gasteiger partial charge in [0, 0.05) is 16.7 Å². The van der Waals surface area contributed by atoms with Crippen molar-refractivity contribution in [1.29, 1.82) is 0 Å². The zero-order valence-corrected chi connectivity index (χ0v) is 18.6. The highest BCUT2D eigenvalue weighted by atomic mass is 32.2. The van der Waals surface area contributed by atoms with Crippen LogP contribution in [0.3, 0.4) is 0 Å². The largest absolute Gasteiger partial charge is 0.486 e. The Morgan fingerprint density at radius 2 is 2.03 bits per heavy atom. The van der Waals surface area contributed by atoms with Crippen molar-refractivity contribution in [3.63, 3.8) is 0 Å². The first-order valence-corrected chi connectivity index (χ1v) is 13.2. The van der Waals surface area contributed by atoms with Crippen molar-refractivity contribution in [2.75, 3.05) is 23.9 Å². The second-order valence-electron chi connectivity index (χ2n) is 7.24. The molecule has 3 heterocycles. The van der Waals surface area contributed by atoms with Gasteiger partial charge in [0.1, 0.15) is 0 Å². The highest BCUT2D eigenvalue weighted by Gasteiger charge is 2.38. The van der Waals surface area contributed by atoms with E-state index in [9.17, 15) is 13.2 Å². The second-order valence-corrected chi connectivity index (χ2v) is 11.6. The Balaban J connectivity index is 1.71. The van der Waals surface area contributed by atoms with Crippen LogP contribution in [-0.4, -0.2) is 49.1 Å². The van der Waals surface area contributed by atoms with Gasteiger partial charge >= 0.3 is 0 Å². The third-order valence-corrected chi connectivity index (χ3v) is 9.04. The number of ether oxygens (including phenoxy) is 1. The van der Waals surface area contributed by atoms with Crippen molar-refractivity contribution in [2.45, 2.75) is 25.9 Å². The van der Waals surface area contributed by atoms with Crippen molar-refractivity contribution in [3.05, 3.63) is 63.5 Å². The lowest BCUT2D eigenvalue weighted by Gasteiger charge is -2.31. The molecule has 2 aromatic rings. The molecule has 0 aliphatic carbocycles. The van der Waals surface area contributed by atoms with E-state index in [0.29, 0.717) is 25.3 Å². The lowest BCUT2D eigenvalue weighted by molar-refractivity contribution is -0.133. The van der Waals surface area contributed by atoms with E-state index in [1.165, 1.54) is 0 Å². The summed E-state index contributed by atoms with van der Waals surface area (Å²) in [5, 5.41) is 2.00. The van der Waals surface area contributed by atoms with E-state index in [4.69, 9.17) is 4.74 Å². The van der Waals surface area contributed by atoms with Gasteiger partial charge in [0.25, 0.3) is 5.91 Å². The van der Waals surface area contributed by atoms with Crippen LogP contribution in [0.1, 0.15) is 22.4 Å². The van der Waals surface area contributed by atoms with Gasteiger partial charge in [-0.2, -0.15) is 0 Å². The van der Waals surface area contributed by atoms with Gasteiger partial charge in [-0.25, -0.2) is 8.42 Å². The Bertz CT molecular complexity index is 1030. The number of rotatable bonds is 5. The van der Waals surface area contributed by atoms with Crippen molar-refractivity contribution in [1.82, 2.24) is 4.90 Å². The molecule has 2 aliphatic heterocycles. The minimum Gasteiger partial charge on any atom is -0.486 e. The third-order valence-electron chi connectivity index (χ3n) is 5.20. The molecular weight excluding hydrogens is 426 g/mol. The van der Waals surface area contributed by atoms with Crippen LogP contribution in [0.15, 0.2) is 47.5 Å². The van der Waals surface area contributed by atoms with Gasteiger partial charge in [-0.15, -0.1) is 23.1 Å². The van der Waals surface area contributed by atoms with Crippen LogP contribution >= 0.6 is 23.1 Å². The first kappa shape index (κ1) is 20.5. The summed E-state index contributed by atoms with van der Waals surface area (Å²) >= 11 is 3.21. The normalized spacial score (nSPS) is 21.1. The molecule has 1 aromatic heterocycles. The summed E-state index contributed by atoms with van der Waals surface area (Å²) in [5.74, 6) is 1.05. The summed E-state index contributed by atoms with van der Waals surface area (Å²) in [7, 11) is -3.11. The number of hydrogen-bond acceptors (Lipinski definition) is 6. The molecule has 4 rings (SSSR count). The number of sulfone groups is 1. The van der Waals surface area contributed by atoms with Crippen LogP contribution < -0.4 is 0 Å². The fraction of sp³-hybridized carbons (Fsp3) is 0.381. The predicted molar refractivity (Wildman–Crippen MR) is 118 cm³/mol. The van der Waals surface area contributed by atoms with Gasteiger partial charge < -0.3 is 9.64 Å². The molecule has 154 valence electrons. The third kappa shape index (κ3) is 4.54. The van der Waals surface area contributed by atoms with Crippen LogP contribution in [0.25, 0.3) is 4.91 Å². The van der Waals surface area contributed by atoms with Crippen molar-refractivity contribution in [3.8, 4) is 0 Å². The molecule has 8 heteroatoms. The molecule has 0 spiro atoms. The molecule has 5 nitrogen and oxygen atoms in total. The van der Waals surface area contributed by atoms with E-state index in [1.54, 1.807) is 28.0 Å². The predicted octanol–water partition coefficient (Wildman–Crippen LogP) is 3.70. The average Bonchev–Trinajstić information content (AvgIpc) is 3.30. The molecule has 1 fully saturated rings. The summed E-state index contributed by atoms with van der Waals surface area (Å²) in [6.07, 6.45) is 0.472. The lowest BCUT2D eigenvalue weighted by Crippen LogP contribution is -2.42. The van der Waals surface area contributed by atoms with Gasteiger partial charge in [0.2, 0.25) is 0 Å². The summed E-state index contributed by atoms with van der Waals surface area (Å²) in [6, 6.07) is 11.5. The van der Waals surface area contributed by atoms with Crippen LogP contribution in [0.4, 0.5) is 0 Å². The number of amides is 1. The molecule has 29 heavy (non-hydrogen) atoms. The molecule has 0 radical (unpaired) electrons. The molecule has 0 unspecified atom stereocenters. The van der Waals surface area contributed by atoms with Crippen LogP contribution in [0, 0.1) is 6.92 Å². The summed E-state index contributed by atoms with van der Waals surface area (Å²) < 4.78 is 30.1. The molecule has 1 amide bonds. The van der Waals surface area contributed by atoms with Crippen molar-refractivity contribution >= 4 is 43.7 Å². The van der Waals surface area contributed by atoms with E-state index in [-0.39, 0.29) is 23.5 Å². The lowest BCUT2D eigenvalue weighted by atomic mass is 10.1. The Hall–Kier alpha value is -1.77. The molecule has 0 saturated carbocycles. The average molecular weight is 450 g/mol. The Morgan fingerprint density at radius 1 is 1.24 bits per heavy atom. The number of carbonyl (C=O) groups excluding carboxylic acids is 1. The highest BCUT2D eigenvalue weighted by molar-refractivity contribution is 8.08. The smallest absolute Gasteiger partial charge is 0.290 e. The van der Waals surface area contributed by atoms with E-state index >= 15 is 0 Å². The van der Waals surface area contributed by atoms with Gasteiger partial charge in [-0.3, -0.25) is 4.79 Å². The first-order valence-electron chi connectivity index (χ1n) is 9.54. The summed E-state index contributed by atoms with van der Waals surface area (Å²) in [5.41, 5.74) is 2.07. The van der Waals surface area contributed by atoms with Gasteiger partial charge in [0.15, 0.2) is 15.6 Å². The minimum absolute atomic E-state index is 0.0181. The zero-order valence-electron chi connectivity index (χ0n) is 16.2. The van der Waals surface area contributed by atoms with E-state index in [2.05, 4.69) is 0 Å². The van der Waals surface area contributed by atoms with E-state index in [0.717, 1.165) is 26.7 Å². The van der Waals surface area contributed by atoms with Crippen LogP contribution in [0.2, 0.25) is 0 Å². The van der Waals surface area contributed by atoms with Crippen LogP contribution in [-0.2, 0) is 25.9 Å². The number of benzene rings is 1. The maximum absolute atomic E-state index is 13.7. The van der Waals surface area contributed by atoms with Gasteiger partial charge in [0.05, 0.1) is 29.6 Å². The van der Waals surface area contributed by atoms with Crippen LogP contribution in [0.5, 0.6) is 0 Å². The molecule has 0 N–H and O–H groups in total. The number of thiophene rings is 1. The zero-order chi connectivity index (χ0) is 20.4. The van der Waals surface area contributed by atoms with E-state index < -0.39 is 9.84 Å².